The van der Waals surface area contributed by atoms with Gasteiger partial charge >= 0.3 is 5.97 Å². The van der Waals surface area contributed by atoms with E-state index in [-0.39, 0.29) is 11.4 Å². The van der Waals surface area contributed by atoms with Crippen LogP contribution in [0, 0.1) is 23.2 Å². The largest absolute Gasteiger partial charge is 0.464 e. The number of rotatable bonds is 6. The molecule has 19 heavy (non-hydrogen) atoms. The Morgan fingerprint density at radius 2 is 1.68 bits per heavy atom. The topological polar surface area (TPSA) is 38.3 Å². The van der Waals surface area contributed by atoms with Crippen LogP contribution >= 0.6 is 0 Å². The standard InChI is InChI=1S/C16H27NO2/c1-2-3-17-4-5-19-15(18)16-9-12-6-13(10-16)8-14(7-12)11-16/h12-14,17H,2-11H2,1H3. The minimum absolute atomic E-state index is 0.0838. The van der Waals surface area contributed by atoms with Gasteiger partial charge < -0.3 is 10.1 Å². The Kier molecular flexibility index (Phi) is 3.84. The number of carbonyl (C=O) groups excluding carboxylic acids is 1. The van der Waals surface area contributed by atoms with E-state index in [1.54, 1.807) is 0 Å². The molecule has 4 rings (SSSR count). The average Bonchev–Trinajstić information content (AvgIpc) is 2.36. The molecule has 108 valence electrons. The van der Waals surface area contributed by atoms with Crippen LogP contribution in [0.15, 0.2) is 0 Å². The number of hydrogen-bond acceptors (Lipinski definition) is 3. The molecule has 0 aromatic rings. The van der Waals surface area contributed by atoms with Crippen molar-refractivity contribution in [2.75, 3.05) is 19.7 Å². The number of carbonyl (C=O) groups is 1. The van der Waals surface area contributed by atoms with Gasteiger partial charge in [0.2, 0.25) is 0 Å². The van der Waals surface area contributed by atoms with Gasteiger partial charge in [0.1, 0.15) is 6.61 Å². The van der Waals surface area contributed by atoms with E-state index < -0.39 is 0 Å². The Hall–Kier alpha value is -0.570. The molecule has 3 heteroatoms. The lowest BCUT2D eigenvalue weighted by Gasteiger charge is -2.55. The van der Waals surface area contributed by atoms with Crippen LogP contribution in [-0.4, -0.2) is 25.7 Å². The van der Waals surface area contributed by atoms with Crippen molar-refractivity contribution >= 4 is 5.97 Å². The molecule has 4 aliphatic carbocycles. The molecule has 0 aliphatic heterocycles. The third-order valence-corrected chi connectivity index (χ3v) is 5.41. The molecule has 0 unspecified atom stereocenters. The monoisotopic (exact) mass is 265 g/mol. The lowest BCUT2D eigenvalue weighted by atomic mass is 9.49. The molecule has 4 bridgehead atoms. The van der Waals surface area contributed by atoms with E-state index in [1.807, 2.05) is 0 Å². The van der Waals surface area contributed by atoms with E-state index in [9.17, 15) is 4.79 Å². The van der Waals surface area contributed by atoms with Crippen LogP contribution in [-0.2, 0) is 9.53 Å². The molecule has 0 heterocycles. The lowest BCUT2D eigenvalue weighted by Crippen LogP contribution is -2.50. The maximum Gasteiger partial charge on any atom is 0.312 e. The SMILES string of the molecule is CCCNCCOC(=O)C12CC3CC(CC(C3)C1)C2. The summed E-state index contributed by atoms with van der Waals surface area (Å²) in [7, 11) is 0. The normalized spacial score (nSPS) is 39.5. The molecule has 0 spiro atoms. The summed E-state index contributed by atoms with van der Waals surface area (Å²) in [6, 6.07) is 0. The second-order valence-electron chi connectivity index (χ2n) is 7.08. The second kappa shape index (κ2) is 5.43. The first-order chi connectivity index (χ1) is 9.22. The van der Waals surface area contributed by atoms with Crippen molar-refractivity contribution in [1.29, 1.82) is 0 Å². The number of ether oxygens (including phenoxy) is 1. The molecule has 3 nitrogen and oxygen atoms in total. The first-order valence-electron chi connectivity index (χ1n) is 8.10. The molecular weight excluding hydrogens is 238 g/mol. The van der Waals surface area contributed by atoms with Crippen LogP contribution in [0.25, 0.3) is 0 Å². The molecule has 4 aliphatic rings. The Morgan fingerprint density at radius 3 is 2.21 bits per heavy atom. The average molecular weight is 265 g/mol. The van der Waals surface area contributed by atoms with Crippen molar-refractivity contribution in [2.45, 2.75) is 51.9 Å². The third-order valence-electron chi connectivity index (χ3n) is 5.41. The van der Waals surface area contributed by atoms with Crippen molar-refractivity contribution in [2.24, 2.45) is 23.2 Å². The van der Waals surface area contributed by atoms with E-state index in [2.05, 4.69) is 12.2 Å². The van der Waals surface area contributed by atoms with Gasteiger partial charge in [-0.2, -0.15) is 0 Å². The van der Waals surface area contributed by atoms with Crippen LogP contribution in [0.3, 0.4) is 0 Å². The summed E-state index contributed by atoms with van der Waals surface area (Å²) >= 11 is 0. The van der Waals surface area contributed by atoms with Gasteiger partial charge in [0.25, 0.3) is 0 Å². The fourth-order valence-corrected chi connectivity index (χ4v) is 5.03. The van der Waals surface area contributed by atoms with Gasteiger partial charge in [-0.25, -0.2) is 0 Å². The molecule has 1 N–H and O–H groups in total. The molecule has 0 aromatic carbocycles. The predicted octanol–water partition coefficient (Wildman–Crippen LogP) is 2.75. The van der Waals surface area contributed by atoms with Crippen LogP contribution in [0.4, 0.5) is 0 Å². The van der Waals surface area contributed by atoms with Gasteiger partial charge in [-0.3, -0.25) is 4.79 Å². The summed E-state index contributed by atoms with van der Waals surface area (Å²) in [4.78, 5) is 12.5. The molecule has 4 fully saturated rings. The molecule has 0 amide bonds. The highest BCUT2D eigenvalue weighted by atomic mass is 16.5. The third kappa shape index (κ3) is 2.67. The highest BCUT2D eigenvalue weighted by molar-refractivity contribution is 5.77. The fourth-order valence-electron chi connectivity index (χ4n) is 5.03. The van der Waals surface area contributed by atoms with Crippen molar-refractivity contribution in [3.05, 3.63) is 0 Å². The van der Waals surface area contributed by atoms with Crippen LogP contribution in [0.2, 0.25) is 0 Å². The van der Waals surface area contributed by atoms with Crippen LogP contribution in [0.5, 0.6) is 0 Å². The molecule has 0 saturated heterocycles. The first kappa shape index (κ1) is 13.4. The Bertz CT molecular complexity index is 304. The fraction of sp³-hybridized carbons (Fsp3) is 0.938. The zero-order valence-corrected chi connectivity index (χ0v) is 12.1. The van der Waals surface area contributed by atoms with Crippen molar-refractivity contribution in [1.82, 2.24) is 5.32 Å². The van der Waals surface area contributed by atoms with Crippen molar-refractivity contribution in [3.63, 3.8) is 0 Å². The van der Waals surface area contributed by atoms with Gasteiger partial charge in [-0.15, -0.1) is 0 Å². The molecule has 0 radical (unpaired) electrons. The van der Waals surface area contributed by atoms with E-state index in [0.717, 1.165) is 56.5 Å². The zero-order valence-electron chi connectivity index (χ0n) is 12.1. The van der Waals surface area contributed by atoms with Crippen LogP contribution < -0.4 is 5.32 Å². The number of hydrogen-bond donors (Lipinski definition) is 1. The minimum Gasteiger partial charge on any atom is -0.464 e. The first-order valence-corrected chi connectivity index (χ1v) is 8.10. The van der Waals surface area contributed by atoms with E-state index in [1.165, 1.54) is 19.3 Å². The molecule has 0 aromatic heterocycles. The van der Waals surface area contributed by atoms with E-state index in [0.29, 0.717) is 6.61 Å². The zero-order chi connectivity index (χ0) is 13.3. The highest BCUT2D eigenvalue weighted by Gasteiger charge is 2.55. The second-order valence-corrected chi connectivity index (χ2v) is 7.08. The molecular formula is C16H27NO2. The quantitative estimate of drug-likeness (QED) is 0.593. The Balaban J connectivity index is 1.52. The summed E-state index contributed by atoms with van der Waals surface area (Å²) in [5, 5.41) is 3.29. The van der Waals surface area contributed by atoms with Gasteiger partial charge in [-0.1, -0.05) is 6.92 Å². The summed E-state index contributed by atoms with van der Waals surface area (Å²) < 4.78 is 5.57. The number of nitrogens with one attached hydrogen (secondary N) is 1. The van der Waals surface area contributed by atoms with E-state index >= 15 is 0 Å². The molecule has 0 atom stereocenters. The predicted molar refractivity (Wildman–Crippen MR) is 74.7 cm³/mol. The summed E-state index contributed by atoms with van der Waals surface area (Å²) in [6.07, 6.45) is 8.60. The maximum absolute atomic E-state index is 12.5. The van der Waals surface area contributed by atoms with Crippen LogP contribution in [0.1, 0.15) is 51.9 Å². The Labute approximate surface area is 116 Å². The van der Waals surface area contributed by atoms with Gasteiger partial charge in [0.05, 0.1) is 5.41 Å². The van der Waals surface area contributed by atoms with Gasteiger partial charge in [-0.05, 0) is 69.2 Å². The van der Waals surface area contributed by atoms with Gasteiger partial charge in [0.15, 0.2) is 0 Å². The number of esters is 1. The molecule has 4 saturated carbocycles. The smallest absolute Gasteiger partial charge is 0.312 e. The van der Waals surface area contributed by atoms with Crippen molar-refractivity contribution < 1.29 is 9.53 Å². The minimum atomic E-state index is -0.0838. The van der Waals surface area contributed by atoms with Crippen molar-refractivity contribution in [3.8, 4) is 0 Å². The summed E-state index contributed by atoms with van der Waals surface area (Å²) in [6.45, 7) is 4.50. The highest BCUT2D eigenvalue weighted by Crippen LogP contribution is 2.60. The lowest BCUT2D eigenvalue weighted by molar-refractivity contribution is -0.171. The summed E-state index contributed by atoms with van der Waals surface area (Å²) in [5.41, 5.74) is -0.0838. The Morgan fingerprint density at radius 1 is 1.11 bits per heavy atom. The van der Waals surface area contributed by atoms with Gasteiger partial charge in [0, 0.05) is 6.54 Å². The van der Waals surface area contributed by atoms with E-state index in [4.69, 9.17) is 4.74 Å². The maximum atomic E-state index is 12.5. The summed E-state index contributed by atoms with van der Waals surface area (Å²) in [5.74, 6) is 2.57.